The molecule has 4 nitrogen and oxygen atoms in total. The Labute approximate surface area is 63.1 Å². The summed E-state index contributed by atoms with van der Waals surface area (Å²) in [5.74, 6) is 0.0981. The lowest BCUT2D eigenvalue weighted by Gasteiger charge is -1.94. The second-order valence-corrected chi connectivity index (χ2v) is 1.77. The third-order valence-corrected chi connectivity index (χ3v) is 0.992. The zero-order valence-corrected chi connectivity index (χ0v) is 5.95. The molecule has 0 spiro atoms. The smallest absolute Gasteiger partial charge is 0.147 e. The molecule has 0 unspecified atom stereocenters. The standard InChI is InChI=1S/C6H7FN4/c1-8-11-10-6-3-2-5(7)4-9-6/h2-4H,1H3,(H,8,9,10). The van der Waals surface area contributed by atoms with Crippen LogP contribution in [-0.2, 0) is 0 Å². The first-order chi connectivity index (χ1) is 5.33. The molecule has 1 N–H and O–H groups in total. The number of nitrogens with one attached hydrogen (secondary N) is 1. The van der Waals surface area contributed by atoms with Gasteiger partial charge in [0.1, 0.15) is 11.6 Å². The van der Waals surface area contributed by atoms with Crippen molar-refractivity contribution in [2.75, 3.05) is 12.5 Å². The molecule has 0 aromatic carbocycles. The van der Waals surface area contributed by atoms with Crippen LogP contribution >= 0.6 is 0 Å². The maximum Gasteiger partial charge on any atom is 0.147 e. The van der Waals surface area contributed by atoms with Crippen LogP contribution in [0.5, 0.6) is 0 Å². The molecule has 1 aromatic rings. The fourth-order valence-corrected chi connectivity index (χ4v) is 0.543. The van der Waals surface area contributed by atoms with Gasteiger partial charge in [-0.1, -0.05) is 5.22 Å². The highest BCUT2D eigenvalue weighted by Crippen LogP contribution is 2.02. The lowest BCUT2D eigenvalue weighted by atomic mass is 10.4. The van der Waals surface area contributed by atoms with E-state index in [1.165, 1.54) is 19.2 Å². The third-order valence-electron chi connectivity index (χ3n) is 0.992. The fraction of sp³-hybridized carbons (Fsp3) is 0.167. The van der Waals surface area contributed by atoms with Crippen LogP contribution in [0.4, 0.5) is 10.2 Å². The van der Waals surface area contributed by atoms with E-state index in [1.54, 1.807) is 0 Å². The summed E-state index contributed by atoms with van der Waals surface area (Å²) < 4.78 is 12.3. The normalized spacial score (nSPS) is 10.4. The summed E-state index contributed by atoms with van der Waals surface area (Å²) in [6.07, 6.45) is 1.10. The van der Waals surface area contributed by atoms with Crippen molar-refractivity contribution in [3.8, 4) is 0 Å². The molecular formula is C6H7FN4. The number of hydrogen-bond acceptors (Lipinski definition) is 3. The van der Waals surface area contributed by atoms with Gasteiger partial charge in [-0.05, 0) is 12.1 Å². The van der Waals surface area contributed by atoms with Gasteiger partial charge in [0.2, 0.25) is 0 Å². The Hall–Kier alpha value is -1.52. The van der Waals surface area contributed by atoms with Crippen LogP contribution in [0.2, 0.25) is 0 Å². The second-order valence-electron chi connectivity index (χ2n) is 1.77. The number of aromatic nitrogens is 1. The minimum Gasteiger partial charge on any atom is -0.243 e. The summed E-state index contributed by atoms with van der Waals surface area (Å²) in [6.45, 7) is 0. The highest BCUT2D eigenvalue weighted by molar-refractivity contribution is 5.31. The van der Waals surface area contributed by atoms with Gasteiger partial charge >= 0.3 is 0 Å². The van der Waals surface area contributed by atoms with Crippen molar-refractivity contribution < 1.29 is 4.39 Å². The maximum atomic E-state index is 12.3. The molecule has 58 valence electrons. The van der Waals surface area contributed by atoms with Crippen molar-refractivity contribution in [2.24, 2.45) is 10.3 Å². The van der Waals surface area contributed by atoms with E-state index >= 15 is 0 Å². The first-order valence-corrected chi connectivity index (χ1v) is 2.99. The van der Waals surface area contributed by atoms with E-state index in [0.29, 0.717) is 5.82 Å². The second kappa shape index (κ2) is 3.60. The van der Waals surface area contributed by atoms with Crippen LogP contribution in [0, 0.1) is 5.82 Å². The van der Waals surface area contributed by atoms with Gasteiger partial charge in [-0.25, -0.2) is 14.8 Å². The van der Waals surface area contributed by atoms with Gasteiger partial charge in [-0.2, -0.15) is 5.11 Å². The summed E-state index contributed by atoms with van der Waals surface area (Å²) in [5, 5.41) is 6.90. The topological polar surface area (TPSA) is 49.6 Å². The van der Waals surface area contributed by atoms with Crippen LogP contribution in [0.15, 0.2) is 28.7 Å². The zero-order valence-electron chi connectivity index (χ0n) is 5.95. The van der Waals surface area contributed by atoms with Crippen LogP contribution in [0.25, 0.3) is 0 Å². The molecule has 0 atom stereocenters. The Morgan fingerprint density at radius 3 is 2.91 bits per heavy atom. The van der Waals surface area contributed by atoms with Crippen molar-refractivity contribution in [1.29, 1.82) is 0 Å². The maximum absolute atomic E-state index is 12.3. The monoisotopic (exact) mass is 154 g/mol. The molecule has 1 rings (SSSR count). The molecular weight excluding hydrogens is 147 g/mol. The Balaban J connectivity index is 2.66. The van der Waals surface area contributed by atoms with Gasteiger partial charge < -0.3 is 0 Å². The summed E-state index contributed by atoms with van der Waals surface area (Å²) in [7, 11) is 1.52. The predicted molar refractivity (Wildman–Crippen MR) is 38.6 cm³/mol. The predicted octanol–water partition coefficient (Wildman–Crippen LogP) is 1.63. The van der Waals surface area contributed by atoms with E-state index in [-0.39, 0.29) is 5.82 Å². The number of halogens is 1. The molecule has 1 heterocycles. The lowest BCUT2D eigenvalue weighted by Crippen LogP contribution is -1.90. The average molecular weight is 154 g/mol. The fourth-order valence-electron chi connectivity index (χ4n) is 0.543. The quantitative estimate of drug-likeness (QED) is 0.519. The first kappa shape index (κ1) is 7.59. The van der Waals surface area contributed by atoms with Crippen LogP contribution in [0.3, 0.4) is 0 Å². The SMILES string of the molecule is CN=NNc1ccc(F)cn1. The highest BCUT2D eigenvalue weighted by Gasteiger charge is 1.90. The van der Waals surface area contributed by atoms with Crippen LogP contribution in [-0.4, -0.2) is 12.0 Å². The Morgan fingerprint density at radius 1 is 1.55 bits per heavy atom. The van der Waals surface area contributed by atoms with E-state index in [4.69, 9.17) is 0 Å². The Bertz CT molecular complexity index is 243. The van der Waals surface area contributed by atoms with E-state index in [1.807, 2.05) is 0 Å². The summed E-state index contributed by atoms with van der Waals surface area (Å²) in [5.41, 5.74) is 2.50. The van der Waals surface area contributed by atoms with Crippen molar-refractivity contribution in [1.82, 2.24) is 4.98 Å². The molecule has 0 amide bonds. The average Bonchev–Trinajstić information content (AvgIpc) is 2.04. The molecule has 0 aliphatic heterocycles. The number of hydrogen-bond donors (Lipinski definition) is 1. The molecule has 0 saturated carbocycles. The van der Waals surface area contributed by atoms with E-state index in [0.717, 1.165) is 6.20 Å². The van der Waals surface area contributed by atoms with Crippen molar-refractivity contribution in [3.05, 3.63) is 24.1 Å². The van der Waals surface area contributed by atoms with Gasteiger partial charge in [-0.15, -0.1) is 0 Å². The molecule has 0 aliphatic carbocycles. The summed E-state index contributed by atoms with van der Waals surface area (Å²) >= 11 is 0. The van der Waals surface area contributed by atoms with Gasteiger partial charge in [0.05, 0.1) is 13.2 Å². The van der Waals surface area contributed by atoms with Crippen molar-refractivity contribution in [3.63, 3.8) is 0 Å². The first-order valence-electron chi connectivity index (χ1n) is 2.99. The van der Waals surface area contributed by atoms with Gasteiger partial charge in [0.15, 0.2) is 0 Å². The molecule has 11 heavy (non-hydrogen) atoms. The van der Waals surface area contributed by atoms with Crippen LogP contribution in [0.1, 0.15) is 0 Å². The number of nitrogens with zero attached hydrogens (tertiary/aromatic N) is 3. The Morgan fingerprint density at radius 2 is 2.36 bits per heavy atom. The van der Waals surface area contributed by atoms with E-state index < -0.39 is 0 Å². The van der Waals surface area contributed by atoms with Crippen molar-refractivity contribution in [2.45, 2.75) is 0 Å². The zero-order chi connectivity index (χ0) is 8.10. The van der Waals surface area contributed by atoms with Gasteiger partial charge in [-0.3, -0.25) is 0 Å². The number of anilines is 1. The summed E-state index contributed by atoms with van der Waals surface area (Å²) in [6, 6.07) is 2.77. The minimum absolute atomic E-state index is 0.371. The molecule has 5 heteroatoms. The van der Waals surface area contributed by atoms with E-state index in [2.05, 4.69) is 20.7 Å². The molecule has 0 fully saturated rings. The highest BCUT2D eigenvalue weighted by atomic mass is 19.1. The molecule has 0 bridgehead atoms. The van der Waals surface area contributed by atoms with Crippen molar-refractivity contribution >= 4 is 5.82 Å². The third kappa shape index (κ3) is 2.29. The number of pyridine rings is 1. The van der Waals surface area contributed by atoms with E-state index in [9.17, 15) is 4.39 Å². The molecule has 0 saturated heterocycles. The molecule has 0 aliphatic rings. The lowest BCUT2D eigenvalue weighted by molar-refractivity contribution is 0.621. The van der Waals surface area contributed by atoms with Gasteiger partial charge in [0.25, 0.3) is 0 Å². The number of rotatable bonds is 2. The summed E-state index contributed by atoms with van der Waals surface area (Å²) in [4.78, 5) is 3.68. The largest absolute Gasteiger partial charge is 0.243 e. The Kier molecular flexibility index (Phi) is 2.48. The van der Waals surface area contributed by atoms with Crippen LogP contribution < -0.4 is 5.43 Å². The van der Waals surface area contributed by atoms with Gasteiger partial charge in [0, 0.05) is 0 Å². The molecule has 0 radical (unpaired) electrons. The molecule has 1 aromatic heterocycles. The minimum atomic E-state index is -0.371.